The van der Waals surface area contributed by atoms with Gasteiger partial charge in [0, 0.05) is 18.5 Å². The Hall–Kier alpha value is -0.570. The normalized spacial score (nSPS) is 35.2. The van der Waals surface area contributed by atoms with E-state index >= 15 is 0 Å². The zero-order valence-electron chi connectivity index (χ0n) is 10.9. The third kappa shape index (κ3) is 1.99. The minimum atomic E-state index is 0.0672. The fourth-order valence-corrected chi connectivity index (χ4v) is 3.63. The van der Waals surface area contributed by atoms with Crippen LogP contribution in [0.3, 0.4) is 0 Å². The first kappa shape index (κ1) is 11.5. The fraction of sp³-hybridized carbons (Fsp3) is 0.929. The average molecular weight is 236 g/mol. The molecule has 0 bridgehead atoms. The SMILES string of the molecule is CCC1(C(=O)N2CC[C@@H]3CNC[C@@H]3CC2)CC1. The Morgan fingerprint density at radius 1 is 1.24 bits per heavy atom. The first-order chi connectivity index (χ1) is 8.25. The van der Waals surface area contributed by atoms with E-state index in [1.165, 1.54) is 25.9 Å². The van der Waals surface area contributed by atoms with Crippen molar-refractivity contribution in [2.24, 2.45) is 17.3 Å². The molecule has 3 nitrogen and oxygen atoms in total. The molecule has 0 aromatic carbocycles. The summed E-state index contributed by atoms with van der Waals surface area (Å²) in [5.41, 5.74) is 0.0672. The molecule has 3 heteroatoms. The Bertz CT molecular complexity index is 297. The monoisotopic (exact) mass is 236 g/mol. The minimum absolute atomic E-state index is 0.0672. The molecule has 3 aliphatic rings. The van der Waals surface area contributed by atoms with Gasteiger partial charge in [0.25, 0.3) is 0 Å². The first-order valence-corrected chi connectivity index (χ1v) is 7.25. The summed E-state index contributed by atoms with van der Waals surface area (Å²) in [5.74, 6) is 2.11. The topological polar surface area (TPSA) is 32.3 Å². The highest BCUT2D eigenvalue weighted by Crippen LogP contribution is 2.50. The quantitative estimate of drug-likeness (QED) is 0.790. The number of hydrogen-bond acceptors (Lipinski definition) is 2. The number of rotatable bonds is 2. The fourth-order valence-electron chi connectivity index (χ4n) is 3.63. The molecular weight excluding hydrogens is 212 g/mol. The van der Waals surface area contributed by atoms with E-state index in [9.17, 15) is 4.79 Å². The Balaban J connectivity index is 1.63. The molecule has 1 aliphatic carbocycles. The maximum absolute atomic E-state index is 12.5. The Labute approximate surface area is 104 Å². The van der Waals surface area contributed by atoms with Gasteiger partial charge in [-0.05, 0) is 57.0 Å². The van der Waals surface area contributed by atoms with Crippen molar-refractivity contribution in [3.05, 3.63) is 0 Å². The van der Waals surface area contributed by atoms with Gasteiger partial charge in [0.05, 0.1) is 0 Å². The van der Waals surface area contributed by atoms with E-state index in [0.717, 1.165) is 44.2 Å². The Morgan fingerprint density at radius 3 is 2.29 bits per heavy atom. The van der Waals surface area contributed by atoms with E-state index in [0.29, 0.717) is 5.91 Å². The maximum atomic E-state index is 12.5. The molecule has 0 aromatic rings. The van der Waals surface area contributed by atoms with Crippen LogP contribution < -0.4 is 5.32 Å². The lowest BCUT2D eigenvalue weighted by Crippen LogP contribution is -2.38. The number of amides is 1. The predicted molar refractivity (Wildman–Crippen MR) is 67.6 cm³/mol. The van der Waals surface area contributed by atoms with Crippen molar-refractivity contribution in [1.29, 1.82) is 0 Å². The molecular formula is C14H24N2O. The summed E-state index contributed by atoms with van der Waals surface area (Å²) < 4.78 is 0. The van der Waals surface area contributed by atoms with E-state index < -0.39 is 0 Å². The van der Waals surface area contributed by atoms with Crippen molar-refractivity contribution in [3.8, 4) is 0 Å². The highest BCUT2D eigenvalue weighted by molar-refractivity contribution is 5.85. The number of likely N-dealkylation sites (tertiary alicyclic amines) is 1. The van der Waals surface area contributed by atoms with Crippen LogP contribution in [0.4, 0.5) is 0 Å². The zero-order chi connectivity index (χ0) is 11.9. The molecule has 2 aliphatic heterocycles. The lowest BCUT2D eigenvalue weighted by molar-refractivity contribution is -0.137. The second kappa shape index (κ2) is 4.27. The van der Waals surface area contributed by atoms with E-state index in [1.54, 1.807) is 0 Å². The third-order valence-corrected chi connectivity index (χ3v) is 5.29. The van der Waals surface area contributed by atoms with E-state index in [4.69, 9.17) is 0 Å². The Kier molecular flexibility index (Phi) is 2.89. The summed E-state index contributed by atoms with van der Waals surface area (Å²) in [5, 5.41) is 3.49. The van der Waals surface area contributed by atoms with E-state index in [1.807, 2.05) is 0 Å². The number of nitrogens with zero attached hydrogens (tertiary/aromatic N) is 1. The van der Waals surface area contributed by atoms with Crippen molar-refractivity contribution in [2.75, 3.05) is 26.2 Å². The molecule has 3 rings (SSSR count). The molecule has 0 unspecified atom stereocenters. The van der Waals surface area contributed by atoms with Gasteiger partial charge in [0.1, 0.15) is 0 Å². The first-order valence-electron chi connectivity index (χ1n) is 7.25. The largest absolute Gasteiger partial charge is 0.342 e. The van der Waals surface area contributed by atoms with Gasteiger partial charge in [-0.1, -0.05) is 6.92 Å². The lowest BCUT2D eigenvalue weighted by atomic mass is 9.92. The molecule has 17 heavy (non-hydrogen) atoms. The van der Waals surface area contributed by atoms with Crippen LogP contribution in [-0.2, 0) is 4.79 Å². The molecule has 1 saturated carbocycles. The number of hydrogen-bond donors (Lipinski definition) is 1. The molecule has 2 saturated heterocycles. The summed E-state index contributed by atoms with van der Waals surface area (Å²) in [7, 11) is 0. The minimum Gasteiger partial charge on any atom is -0.342 e. The number of carbonyl (C=O) groups is 1. The molecule has 96 valence electrons. The van der Waals surface area contributed by atoms with E-state index in [-0.39, 0.29) is 5.41 Å². The molecule has 2 heterocycles. The van der Waals surface area contributed by atoms with Gasteiger partial charge in [-0.25, -0.2) is 0 Å². The lowest BCUT2D eigenvalue weighted by Gasteiger charge is -2.25. The smallest absolute Gasteiger partial charge is 0.228 e. The van der Waals surface area contributed by atoms with Gasteiger partial charge in [0.15, 0.2) is 0 Å². The van der Waals surface area contributed by atoms with Crippen LogP contribution in [0.5, 0.6) is 0 Å². The van der Waals surface area contributed by atoms with Crippen molar-refractivity contribution in [2.45, 2.75) is 39.0 Å². The number of carbonyl (C=O) groups excluding carboxylic acids is 1. The molecule has 1 amide bonds. The summed E-state index contributed by atoms with van der Waals surface area (Å²) in [4.78, 5) is 14.7. The third-order valence-electron chi connectivity index (χ3n) is 5.29. The number of fused-ring (bicyclic) bond motifs is 1. The zero-order valence-corrected chi connectivity index (χ0v) is 10.9. The summed E-state index contributed by atoms with van der Waals surface area (Å²) in [6.45, 7) is 6.52. The van der Waals surface area contributed by atoms with Crippen LogP contribution >= 0.6 is 0 Å². The van der Waals surface area contributed by atoms with Gasteiger partial charge >= 0.3 is 0 Å². The van der Waals surface area contributed by atoms with Crippen LogP contribution in [0.2, 0.25) is 0 Å². The van der Waals surface area contributed by atoms with Gasteiger partial charge in [-0.2, -0.15) is 0 Å². The maximum Gasteiger partial charge on any atom is 0.228 e. The van der Waals surface area contributed by atoms with Crippen molar-refractivity contribution >= 4 is 5.91 Å². The van der Waals surface area contributed by atoms with Crippen LogP contribution in [0.15, 0.2) is 0 Å². The van der Waals surface area contributed by atoms with Crippen molar-refractivity contribution in [3.63, 3.8) is 0 Å². The van der Waals surface area contributed by atoms with Crippen molar-refractivity contribution in [1.82, 2.24) is 10.2 Å². The summed E-state index contributed by atoms with van der Waals surface area (Å²) >= 11 is 0. The van der Waals surface area contributed by atoms with Crippen LogP contribution in [0.1, 0.15) is 39.0 Å². The van der Waals surface area contributed by atoms with Gasteiger partial charge in [-0.15, -0.1) is 0 Å². The molecule has 0 aromatic heterocycles. The van der Waals surface area contributed by atoms with Gasteiger partial charge < -0.3 is 10.2 Å². The van der Waals surface area contributed by atoms with Gasteiger partial charge in [0.2, 0.25) is 5.91 Å². The summed E-state index contributed by atoms with van der Waals surface area (Å²) in [6, 6.07) is 0. The van der Waals surface area contributed by atoms with Gasteiger partial charge in [-0.3, -0.25) is 4.79 Å². The molecule has 0 spiro atoms. The van der Waals surface area contributed by atoms with Crippen molar-refractivity contribution < 1.29 is 4.79 Å². The van der Waals surface area contributed by atoms with Crippen LogP contribution in [-0.4, -0.2) is 37.0 Å². The van der Waals surface area contributed by atoms with Crippen LogP contribution in [0.25, 0.3) is 0 Å². The van der Waals surface area contributed by atoms with Crippen LogP contribution in [0, 0.1) is 17.3 Å². The average Bonchev–Trinajstić information content (AvgIpc) is 3.08. The Morgan fingerprint density at radius 2 is 1.82 bits per heavy atom. The standard InChI is InChI=1S/C14H24N2O/c1-2-14(5-6-14)13(17)16-7-3-11-9-15-10-12(11)4-8-16/h11-12,15H,2-10H2,1H3/t11-,12+. The molecule has 3 fully saturated rings. The number of nitrogens with one attached hydrogen (secondary N) is 1. The highest BCUT2D eigenvalue weighted by atomic mass is 16.2. The molecule has 1 N–H and O–H groups in total. The second-order valence-corrected chi connectivity index (χ2v) is 6.18. The molecule has 0 radical (unpaired) electrons. The highest BCUT2D eigenvalue weighted by Gasteiger charge is 2.50. The van der Waals surface area contributed by atoms with E-state index in [2.05, 4.69) is 17.1 Å². The summed E-state index contributed by atoms with van der Waals surface area (Å²) in [6.07, 6.45) is 5.73. The molecule has 2 atom stereocenters. The predicted octanol–water partition coefficient (Wildman–Crippen LogP) is 1.63. The second-order valence-electron chi connectivity index (χ2n) is 6.18.